The number of rotatable bonds is 3. The second kappa shape index (κ2) is 7.49. The average Bonchev–Trinajstić information content (AvgIpc) is 2.45. The molecule has 0 spiro atoms. The van der Waals surface area contributed by atoms with Gasteiger partial charge in [0.2, 0.25) is 0 Å². The van der Waals surface area contributed by atoms with Crippen molar-refractivity contribution in [3.63, 3.8) is 0 Å². The van der Waals surface area contributed by atoms with Crippen molar-refractivity contribution < 1.29 is 18.3 Å². The van der Waals surface area contributed by atoms with E-state index in [1.54, 1.807) is 23.1 Å². The van der Waals surface area contributed by atoms with Gasteiger partial charge in [0.15, 0.2) is 0 Å². The number of alkyl halides is 2. The number of hydrogen-bond acceptors (Lipinski definition) is 4. The minimum atomic E-state index is -2.46. The summed E-state index contributed by atoms with van der Waals surface area (Å²) in [6, 6.07) is 6.73. The lowest BCUT2D eigenvalue weighted by Gasteiger charge is -2.37. The number of benzene rings is 1. The summed E-state index contributed by atoms with van der Waals surface area (Å²) in [5.74, 6) is -2.46. The number of carbonyl (C=O) groups excluding carboxylic acids is 1. The molecule has 1 N–H and O–H groups in total. The molecule has 1 saturated heterocycles. The third-order valence-corrected chi connectivity index (χ3v) is 4.04. The quantitative estimate of drug-likeness (QED) is 0.845. The zero-order chi connectivity index (χ0) is 17.0. The number of amides is 1. The normalized spacial score (nSPS) is 19.0. The average molecular weight is 344 g/mol. The van der Waals surface area contributed by atoms with Gasteiger partial charge in [-0.25, -0.2) is 4.79 Å². The van der Waals surface area contributed by atoms with Crippen molar-refractivity contribution in [3.05, 3.63) is 29.8 Å². The molecule has 7 heteroatoms. The van der Waals surface area contributed by atoms with Crippen molar-refractivity contribution in [2.24, 2.45) is 0 Å². The number of nitrogens with zero attached hydrogens (tertiary/aromatic N) is 1. The molecule has 4 nitrogen and oxygen atoms in total. The van der Waals surface area contributed by atoms with E-state index in [-0.39, 0.29) is 12.1 Å². The van der Waals surface area contributed by atoms with E-state index in [0.29, 0.717) is 36.3 Å². The Morgan fingerprint density at radius 2 is 2.17 bits per heavy atom. The Morgan fingerprint density at radius 3 is 2.83 bits per heavy atom. The van der Waals surface area contributed by atoms with Crippen LogP contribution >= 0.6 is 11.8 Å². The first-order valence-corrected chi connectivity index (χ1v) is 8.39. The molecule has 0 aromatic heterocycles. The van der Waals surface area contributed by atoms with Crippen molar-refractivity contribution in [1.29, 1.82) is 0 Å². The zero-order valence-electron chi connectivity index (χ0n) is 13.5. The summed E-state index contributed by atoms with van der Waals surface area (Å²) in [4.78, 5) is 14.6. The van der Waals surface area contributed by atoms with Gasteiger partial charge in [0, 0.05) is 24.5 Å². The molecular formula is C16H22F2N2O2S. The smallest absolute Gasteiger partial charge is 0.410 e. The van der Waals surface area contributed by atoms with Crippen LogP contribution in [0.25, 0.3) is 0 Å². The molecule has 1 aliphatic rings. The maximum atomic E-state index is 12.6. The molecule has 0 radical (unpaired) electrons. The Balaban J connectivity index is 2.19. The SMILES string of the molecule is CC(C)(C)OC(=O)N1CCNCC1c1cccc(SC(F)F)c1. The first kappa shape index (κ1) is 18.0. The molecule has 128 valence electrons. The fourth-order valence-corrected chi connectivity index (χ4v) is 3.01. The number of halogens is 2. The lowest BCUT2D eigenvalue weighted by atomic mass is 10.0. The maximum absolute atomic E-state index is 12.6. The number of ether oxygens (including phenoxy) is 1. The van der Waals surface area contributed by atoms with Crippen LogP contribution in [0.4, 0.5) is 13.6 Å². The second-order valence-electron chi connectivity index (χ2n) is 6.34. The molecule has 1 aromatic rings. The monoisotopic (exact) mass is 344 g/mol. The maximum Gasteiger partial charge on any atom is 0.410 e. The lowest BCUT2D eigenvalue weighted by molar-refractivity contribution is 0.0118. The van der Waals surface area contributed by atoms with Gasteiger partial charge < -0.3 is 10.1 Å². The van der Waals surface area contributed by atoms with Crippen molar-refractivity contribution >= 4 is 17.9 Å². The highest BCUT2D eigenvalue weighted by atomic mass is 32.2. The summed E-state index contributed by atoms with van der Waals surface area (Å²) in [5.41, 5.74) is 0.258. The van der Waals surface area contributed by atoms with E-state index in [4.69, 9.17) is 4.74 Å². The van der Waals surface area contributed by atoms with Gasteiger partial charge in [-0.1, -0.05) is 23.9 Å². The Kier molecular flexibility index (Phi) is 5.86. The molecule has 0 bridgehead atoms. The van der Waals surface area contributed by atoms with Crippen LogP contribution in [-0.4, -0.2) is 42.0 Å². The fourth-order valence-electron chi connectivity index (χ4n) is 2.44. The number of thioether (sulfide) groups is 1. The molecule has 1 unspecified atom stereocenters. The van der Waals surface area contributed by atoms with E-state index in [9.17, 15) is 13.6 Å². The van der Waals surface area contributed by atoms with Crippen LogP contribution in [0.2, 0.25) is 0 Å². The molecule has 1 atom stereocenters. The van der Waals surface area contributed by atoms with Crippen LogP contribution in [0.3, 0.4) is 0 Å². The van der Waals surface area contributed by atoms with Gasteiger partial charge in [-0.2, -0.15) is 8.78 Å². The van der Waals surface area contributed by atoms with Crippen LogP contribution < -0.4 is 5.32 Å². The first-order valence-electron chi connectivity index (χ1n) is 7.51. The van der Waals surface area contributed by atoms with Gasteiger partial charge >= 0.3 is 6.09 Å². The summed E-state index contributed by atoms with van der Waals surface area (Å²) in [5, 5.41) is 3.24. The minimum absolute atomic E-state index is 0.225. The Bertz CT molecular complexity index is 549. The van der Waals surface area contributed by atoms with Gasteiger partial charge in [-0.05, 0) is 38.5 Å². The third-order valence-electron chi connectivity index (χ3n) is 3.34. The van der Waals surface area contributed by atoms with E-state index >= 15 is 0 Å². The van der Waals surface area contributed by atoms with Crippen LogP contribution in [-0.2, 0) is 4.74 Å². The van der Waals surface area contributed by atoms with E-state index in [0.717, 1.165) is 5.56 Å². The van der Waals surface area contributed by atoms with Crippen molar-refractivity contribution in [2.75, 3.05) is 19.6 Å². The highest BCUT2D eigenvalue weighted by molar-refractivity contribution is 7.99. The number of carbonyl (C=O) groups is 1. The van der Waals surface area contributed by atoms with Crippen molar-refractivity contribution in [2.45, 2.75) is 43.1 Å². The van der Waals surface area contributed by atoms with Crippen molar-refractivity contribution in [1.82, 2.24) is 10.2 Å². The molecule has 1 aromatic carbocycles. The van der Waals surface area contributed by atoms with E-state index in [1.165, 1.54) is 0 Å². The largest absolute Gasteiger partial charge is 0.444 e. The molecule has 2 rings (SSSR count). The van der Waals surface area contributed by atoms with E-state index in [1.807, 2.05) is 26.8 Å². The summed E-state index contributed by atoms with van der Waals surface area (Å²) >= 11 is 0.508. The number of piperazine rings is 1. The topological polar surface area (TPSA) is 41.6 Å². The van der Waals surface area contributed by atoms with Gasteiger partial charge in [0.25, 0.3) is 5.76 Å². The molecule has 0 aliphatic carbocycles. The summed E-state index contributed by atoms with van der Waals surface area (Å²) in [6.07, 6.45) is -0.379. The van der Waals surface area contributed by atoms with Gasteiger partial charge in [0.1, 0.15) is 5.60 Å². The molecule has 1 heterocycles. The lowest BCUT2D eigenvalue weighted by Crippen LogP contribution is -2.50. The van der Waals surface area contributed by atoms with Crippen LogP contribution in [0.1, 0.15) is 32.4 Å². The molecule has 1 amide bonds. The predicted molar refractivity (Wildman–Crippen MR) is 86.9 cm³/mol. The highest BCUT2D eigenvalue weighted by Crippen LogP contribution is 2.30. The van der Waals surface area contributed by atoms with Crippen molar-refractivity contribution in [3.8, 4) is 0 Å². The molecule has 0 saturated carbocycles. The minimum Gasteiger partial charge on any atom is -0.444 e. The van der Waals surface area contributed by atoms with E-state index < -0.39 is 11.4 Å². The number of hydrogen-bond donors (Lipinski definition) is 1. The Hall–Kier alpha value is -1.34. The van der Waals surface area contributed by atoms with Crippen LogP contribution in [0, 0.1) is 0 Å². The second-order valence-corrected chi connectivity index (χ2v) is 7.41. The molecule has 1 aliphatic heterocycles. The summed E-state index contributed by atoms with van der Waals surface area (Å²) in [6.45, 7) is 7.24. The molecule has 1 fully saturated rings. The molecular weight excluding hydrogens is 322 g/mol. The predicted octanol–water partition coefficient (Wildman–Crippen LogP) is 3.88. The summed E-state index contributed by atoms with van der Waals surface area (Å²) < 4.78 is 30.6. The van der Waals surface area contributed by atoms with Gasteiger partial charge in [0.05, 0.1) is 6.04 Å². The van der Waals surface area contributed by atoms with Crippen LogP contribution in [0.5, 0.6) is 0 Å². The van der Waals surface area contributed by atoms with Gasteiger partial charge in [-0.15, -0.1) is 0 Å². The van der Waals surface area contributed by atoms with Crippen LogP contribution in [0.15, 0.2) is 29.2 Å². The fraction of sp³-hybridized carbons (Fsp3) is 0.562. The first-order chi connectivity index (χ1) is 10.8. The molecule has 23 heavy (non-hydrogen) atoms. The Morgan fingerprint density at radius 1 is 1.43 bits per heavy atom. The van der Waals surface area contributed by atoms with E-state index in [2.05, 4.69) is 5.32 Å². The highest BCUT2D eigenvalue weighted by Gasteiger charge is 2.31. The zero-order valence-corrected chi connectivity index (χ0v) is 14.3. The summed E-state index contributed by atoms with van der Waals surface area (Å²) in [7, 11) is 0. The van der Waals surface area contributed by atoms with Gasteiger partial charge in [-0.3, -0.25) is 4.90 Å². The third kappa shape index (κ3) is 5.35. The standard InChI is InChI=1S/C16H22F2N2O2S/c1-16(2,3)22-15(21)20-8-7-19-10-13(20)11-5-4-6-12(9-11)23-14(17)18/h4-6,9,13-14,19H,7-8,10H2,1-3H3. The Labute approximate surface area is 139 Å². The number of nitrogens with one attached hydrogen (secondary N) is 1.